The molecule has 1 N–H and O–H groups in total. The Morgan fingerprint density at radius 2 is 2.03 bits per heavy atom. The van der Waals surface area contributed by atoms with Crippen molar-refractivity contribution in [2.24, 2.45) is 0 Å². The molecule has 4 rings (SSSR count). The molecule has 2 aliphatic heterocycles. The molecule has 1 fully saturated rings. The maximum Gasteiger partial charge on any atom is 0.417 e. The molecule has 0 saturated carbocycles. The van der Waals surface area contributed by atoms with Crippen molar-refractivity contribution in [3.05, 3.63) is 45.5 Å². The first-order valence-corrected chi connectivity index (χ1v) is 8.66. The van der Waals surface area contributed by atoms with Gasteiger partial charge in [-0.15, -0.1) is 0 Å². The molecule has 0 aliphatic carbocycles. The molecule has 0 spiro atoms. The van der Waals surface area contributed by atoms with Gasteiger partial charge in [0.15, 0.2) is 0 Å². The summed E-state index contributed by atoms with van der Waals surface area (Å²) in [5.41, 5.74) is -2.90. The van der Waals surface area contributed by atoms with E-state index in [1.54, 1.807) is 0 Å². The topological polar surface area (TPSA) is 118 Å². The lowest BCUT2D eigenvalue weighted by molar-refractivity contribution is -0.159. The van der Waals surface area contributed by atoms with Crippen molar-refractivity contribution < 1.29 is 32.6 Å². The first kappa shape index (κ1) is 19.6. The van der Waals surface area contributed by atoms with Gasteiger partial charge in [0.2, 0.25) is 5.88 Å². The van der Waals surface area contributed by atoms with Crippen LogP contribution in [0.5, 0.6) is 5.88 Å². The molecule has 2 aliphatic rings. The molecule has 30 heavy (non-hydrogen) atoms. The molecule has 2 unspecified atom stereocenters. The third-order valence-corrected chi connectivity index (χ3v) is 5.37. The van der Waals surface area contributed by atoms with Crippen molar-refractivity contribution in [1.82, 2.24) is 14.0 Å². The third kappa shape index (κ3) is 2.58. The van der Waals surface area contributed by atoms with Gasteiger partial charge in [0.05, 0.1) is 42.1 Å². The van der Waals surface area contributed by atoms with Crippen LogP contribution in [0.4, 0.5) is 13.2 Å². The van der Waals surface area contributed by atoms with Crippen molar-refractivity contribution in [3.8, 4) is 17.6 Å². The number of halogens is 3. The van der Waals surface area contributed by atoms with Gasteiger partial charge >= 0.3 is 23.7 Å². The Morgan fingerprint density at radius 3 is 2.63 bits per heavy atom. The van der Waals surface area contributed by atoms with Gasteiger partial charge in [-0.05, 0) is 24.6 Å². The molecule has 9 nitrogen and oxygen atoms in total. The van der Waals surface area contributed by atoms with Crippen LogP contribution in [0.25, 0.3) is 5.69 Å². The SMILES string of the molecule is COC(=O)C(=O)N1CC2CC1c1c(O)n(-c3ccc(C#N)c(C(F)(F)F)c3)c(=O)n12. The molecule has 1 amide bonds. The highest BCUT2D eigenvalue weighted by Crippen LogP contribution is 2.48. The summed E-state index contributed by atoms with van der Waals surface area (Å²) < 4.78 is 46.2. The molecular weight excluding hydrogens is 409 g/mol. The number of benzene rings is 1. The molecule has 1 aromatic carbocycles. The number of methoxy groups -OCH3 is 1. The summed E-state index contributed by atoms with van der Waals surface area (Å²) in [6, 6.07) is 2.74. The Kier molecular flexibility index (Phi) is 4.16. The number of imidazole rings is 1. The summed E-state index contributed by atoms with van der Waals surface area (Å²) >= 11 is 0. The van der Waals surface area contributed by atoms with E-state index in [4.69, 9.17) is 5.26 Å². The van der Waals surface area contributed by atoms with Crippen LogP contribution in [0.15, 0.2) is 23.0 Å². The molecule has 0 radical (unpaired) electrons. The van der Waals surface area contributed by atoms with Gasteiger partial charge in [-0.2, -0.15) is 18.4 Å². The normalized spacial score (nSPS) is 19.5. The molecule has 1 saturated heterocycles. The number of esters is 1. The molecule has 156 valence electrons. The standard InChI is InChI=1S/C18H13F3N4O5/c1-30-16(28)15(27)23-7-10-5-12(23)13-14(26)25(17(29)24(10)13)9-3-2-8(6-22)11(4-9)18(19,20)21/h2-4,10,12,26H,5,7H2,1H3. The zero-order chi connectivity index (χ0) is 22.0. The number of aromatic nitrogens is 2. The average molecular weight is 422 g/mol. The van der Waals surface area contributed by atoms with Gasteiger partial charge in [-0.25, -0.2) is 14.2 Å². The summed E-state index contributed by atoms with van der Waals surface area (Å²) in [7, 11) is 1.04. The maximum atomic E-state index is 13.3. The van der Waals surface area contributed by atoms with Crippen LogP contribution in [-0.2, 0) is 20.5 Å². The lowest BCUT2D eigenvalue weighted by atomic mass is 10.1. The number of nitriles is 1. The number of amides is 1. The number of ether oxygens (including phenoxy) is 1. The lowest BCUT2D eigenvalue weighted by Gasteiger charge is -2.26. The Labute approximate surface area is 166 Å². The zero-order valence-corrected chi connectivity index (χ0v) is 15.3. The number of fused-ring (bicyclic) bond motifs is 5. The second-order valence-electron chi connectivity index (χ2n) is 6.89. The lowest BCUT2D eigenvalue weighted by Crippen LogP contribution is -2.41. The predicted molar refractivity (Wildman–Crippen MR) is 91.5 cm³/mol. The first-order valence-electron chi connectivity index (χ1n) is 8.66. The van der Waals surface area contributed by atoms with Crippen molar-refractivity contribution in [3.63, 3.8) is 0 Å². The van der Waals surface area contributed by atoms with Crippen molar-refractivity contribution in [2.45, 2.75) is 24.7 Å². The average Bonchev–Trinajstić information content (AvgIpc) is 3.37. The molecule has 2 atom stereocenters. The molecule has 1 aromatic heterocycles. The second kappa shape index (κ2) is 6.38. The Balaban J connectivity index is 1.83. The number of hydrogen-bond donors (Lipinski definition) is 1. The monoisotopic (exact) mass is 422 g/mol. The first-order chi connectivity index (χ1) is 14.1. The fourth-order valence-electron chi connectivity index (χ4n) is 4.11. The van der Waals surface area contributed by atoms with Crippen LogP contribution in [0.2, 0.25) is 0 Å². The predicted octanol–water partition coefficient (Wildman–Crippen LogP) is 1.24. The summed E-state index contributed by atoms with van der Waals surface area (Å²) in [5, 5.41) is 19.6. The number of rotatable bonds is 1. The summed E-state index contributed by atoms with van der Waals surface area (Å²) in [5.74, 6) is -2.67. The van der Waals surface area contributed by atoms with E-state index in [9.17, 15) is 32.7 Å². The maximum absolute atomic E-state index is 13.3. The van der Waals surface area contributed by atoms with Crippen molar-refractivity contribution >= 4 is 11.9 Å². The van der Waals surface area contributed by atoms with E-state index < -0.39 is 52.8 Å². The van der Waals surface area contributed by atoms with Gasteiger partial charge in [0.1, 0.15) is 5.69 Å². The number of likely N-dealkylation sites (tertiary alicyclic amines) is 1. The quantitative estimate of drug-likeness (QED) is 0.546. The Morgan fingerprint density at radius 1 is 1.33 bits per heavy atom. The number of carbonyl (C=O) groups excluding carboxylic acids is 2. The zero-order valence-electron chi connectivity index (χ0n) is 15.3. The fraction of sp³-hybridized carbons (Fsp3) is 0.333. The minimum absolute atomic E-state index is 0.0239. The Bertz CT molecular complexity index is 1190. The summed E-state index contributed by atoms with van der Waals surface area (Å²) in [6.07, 6.45) is -4.56. The van der Waals surface area contributed by atoms with E-state index in [1.807, 2.05) is 0 Å². The van der Waals surface area contributed by atoms with Crippen molar-refractivity contribution in [1.29, 1.82) is 5.26 Å². The third-order valence-electron chi connectivity index (χ3n) is 5.37. The van der Waals surface area contributed by atoms with Gasteiger partial charge in [0, 0.05) is 6.54 Å². The minimum atomic E-state index is -4.84. The molecule has 3 heterocycles. The smallest absolute Gasteiger partial charge is 0.417 e. The van der Waals surface area contributed by atoms with Crippen LogP contribution >= 0.6 is 0 Å². The Hall–Kier alpha value is -3.75. The van der Waals surface area contributed by atoms with Gasteiger partial charge in [-0.3, -0.25) is 9.36 Å². The van der Waals surface area contributed by atoms with E-state index in [0.29, 0.717) is 10.6 Å². The number of carbonyl (C=O) groups is 2. The molecule has 2 bridgehead atoms. The largest absolute Gasteiger partial charge is 0.493 e. The van der Waals surface area contributed by atoms with Crippen LogP contribution in [0.1, 0.15) is 35.3 Å². The van der Waals surface area contributed by atoms with Gasteiger partial charge in [-0.1, -0.05) is 0 Å². The highest BCUT2D eigenvalue weighted by molar-refractivity contribution is 6.32. The number of hydrogen-bond acceptors (Lipinski definition) is 6. The van der Waals surface area contributed by atoms with Crippen LogP contribution in [0, 0.1) is 11.3 Å². The fourth-order valence-corrected chi connectivity index (χ4v) is 4.11. The number of aromatic hydroxyl groups is 1. The summed E-state index contributed by atoms with van der Waals surface area (Å²) in [6.45, 7) is 0.0239. The molecule has 2 aromatic rings. The van der Waals surface area contributed by atoms with E-state index >= 15 is 0 Å². The summed E-state index contributed by atoms with van der Waals surface area (Å²) in [4.78, 5) is 37.8. The highest BCUT2D eigenvalue weighted by Gasteiger charge is 2.50. The van der Waals surface area contributed by atoms with Crippen molar-refractivity contribution in [2.75, 3.05) is 13.7 Å². The van der Waals surface area contributed by atoms with E-state index in [2.05, 4.69) is 4.74 Å². The van der Waals surface area contributed by atoms with E-state index in [-0.39, 0.29) is 24.3 Å². The van der Waals surface area contributed by atoms with E-state index in [0.717, 1.165) is 24.1 Å². The minimum Gasteiger partial charge on any atom is -0.493 e. The molecular formula is C18H13F3N4O5. The van der Waals surface area contributed by atoms with Crippen LogP contribution in [-0.4, -0.2) is 44.7 Å². The second-order valence-corrected chi connectivity index (χ2v) is 6.89. The van der Waals surface area contributed by atoms with Gasteiger partial charge in [0.25, 0.3) is 0 Å². The molecule has 12 heteroatoms. The number of alkyl halides is 3. The van der Waals surface area contributed by atoms with Crippen LogP contribution in [0.3, 0.4) is 0 Å². The van der Waals surface area contributed by atoms with Crippen LogP contribution < -0.4 is 5.69 Å². The van der Waals surface area contributed by atoms with E-state index in [1.165, 1.54) is 10.6 Å². The van der Waals surface area contributed by atoms with Gasteiger partial charge < -0.3 is 14.7 Å². The highest BCUT2D eigenvalue weighted by atomic mass is 19.4. The number of nitrogens with zero attached hydrogens (tertiary/aromatic N) is 4.